The number of carbonyl (C=O) groups excluding carboxylic acids is 1. The maximum absolute atomic E-state index is 13.5. The Hall–Kier alpha value is -2.28. The highest BCUT2D eigenvalue weighted by Gasteiger charge is 2.12. The number of nitrogens with zero attached hydrogens (tertiary/aromatic N) is 1. The van der Waals surface area contributed by atoms with Crippen LogP contribution in [0.15, 0.2) is 46.9 Å². The van der Waals surface area contributed by atoms with Crippen LogP contribution in [0.5, 0.6) is 0 Å². The Bertz CT molecular complexity index is 688. The number of carbonyl (C=O) groups is 1. The van der Waals surface area contributed by atoms with Gasteiger partial charge in [0.2, 0.25) is 0 Å². The van der Waals surface area contributed by atoms with E-state index in [4.69, 9.17) is 4.74 Å². The number of benzene rings is 2. The summed E-state index contributed by atoms with van der Waals surface area (Å²) in [6.45, 7) is -0.213. The quantitative estimate of drug-likeness (QED) is 0.475. The molecule has 108 valence electrons. The fourth-order valence-electron chi connectivity index (χ4n) is 1.58. The fourth-order valence-corrected chi connectivity index (χ4v) is 1.92. The van der Waals surface area contributed by atoms with Gasteiger partial charge in [0.25, 0.3) is 5.69 Å². The maximum Gasteiger partial charge on any atom is 0.338 e. The third-order valence-corrected chi connectivity index (χ3v) is 3.18. The SMILES string of the molecule is O=C(OCc1ccc(Br)cc1F)c1ccc([N+](=O)[O-])cc1. The van der Waals surface area contributed by atoms with Gasteiger partial charge >= 0.3 is 5.97 Å². The van der Waals surface area contributed by atoms with E-state index in [1.54, 1.807) is 6.07 Å². The van der Waals surface area contributed by atoms with E-state index in [9.17, 15) is 19.3 Å². The number of non-ortho nitro benzene ring substituents is 1. The van der Waals surface area contributed by atoms with Crippen molar-refractivity contribution in [1.82, 2.24) is 0 Å². The lowest BCUT2D eigenvalue weighted by Gasteiger charge is -2.06. The third kappa shape index (κ3) is 3.85. The molecule has 21 heavy (non-hydrogen) atoms. The Morgan fingerprint density at radius 2 is 1.90 bits per heavy atom. The Kier molecular flexibility index (Phi) is 4.64. The number of halogens is 2. The van der Waals surface area contributed by atoms with Crippen molar-refractivity contribution in [3.8, 4) is 0 Å². The summed E-state index contributed by atoms with van der Waals surface area (Å²) in [5.74, 6) is -1.16. The first-order valence-corrected chi connectivity index (χ1v) is 6.62. The molecule has 0 heterocycles. The zero-order valence-electron chi connectivity index (χ0n) is 10.6. The van der Waals surface area contributed by atoms with E-state index in [2.05, 4.69) is 15.9 Å². The normalized spacial score (nSPS) is 10.2. The van der Waals surface area contributed by atoms with Gasteiger partial charge in [-0.05, 0) is 24.3 Å². The number of nitro groups is 1. The molecule has 0 amide bonds. The van der Waals surface area contributed by atoms with E-state index in [0.717, 1.165) is 0 Å². The minimum absolute atomic E-state index is 0.120. The van der Waals surface area contributed by atoms with Gasteiger partial charge in [0, 0.05) is 22.2 Å². The summed E-state index contributed by atoms with van der Waals surface area (Å²) in [5, 5.41) is 10.5. The molecule has 0 N–H and O–H groups in total. The van der Waals surface area contributed by atoms with E-state index >= 15 is 0 Å². The first-order valence-electron chi connectivity index (χ1n) is 5.83. The van der Waals surface area contributed by atoms with Crippen LogP contribution in [-0.2, 0) is 11.3 Å². The number of hydrogen-bond acceptors (Lipinski definition) is 4. The molecule has 0 radical (unpaired) electrons. The van der Waals surface area contributed by atoms with Crippen LogP contribution in [0.25, 0.3) is 0 Å². The van der Waals surface area contributed by atoms with Gasteiger partial charge in [-0.1, -0.05) is 22.0 Å². The molecule has 0 aromatic heterocycles. The highest BCUT2D eigenvalue weighted by molar-refractivity contribution is 9.10. The molecule has 2 rings (SSSR count). The molecule has 0 saturated carbocycles. The Morgan fingerprint density at radius 1 is 1.24 bits per heavy atom. The van der Waals surface area contributed by atoms with Crippen LogP contribution in [0.4, 0.5) is 10.1 Å². The van der Waals surface area contributed by atoms with Crippen molar-refractivity contribution in [2.75, 3.05) is 0 Å². The van der Waals surface area contributed by atoms with Gasteiger partial charge in [0.1, 0.15) is 12.4 Å². The molecule has 0 aliphatic heterocycles. The van der Waals surface area contributed by atoms with Gasteiger partial charge in [-0.15, -0.1) is 0 Å². The number of rotatable bonds is 4. The van der Waals surface area contributed by atoms with Crippen molar-refractivity contribution in [1.29, 1.82) is 0 Å². The van der Waals surface area contributed by atoms with Gasteiger partial charge in [-0.3, -0.25) is 10.1 Å². The molecule has 2 aromatic carbocycles. The van der Waals surface area contributed by atoms with Crippen LogP contribution in [0, 0.1) is 15.9 Å². The Morgan fingerprint density at radius 3 is 2.48 bits per heavy atom. The minimum Gasteiger partial charge on any atom is -0.457 e. The van der Waals surface area contributed by atoms with E-state index in [0.29, 0.717) is 4.47 Å². The molecule has 0 unspecified atom stereocenters. The number of ether oxygens (including phenoxy) is 1. The topological polar surface area (TPSA) is 69.4 Å². The smallest absolute Gasteiger partial charge is 0.338 e. The second kappa shape index (κ2) is 6.45. The van der Waals surface area contributed by atoms with Crippen molar-refractivity contribution in [3.05, 3.63) is 74.0 Å². The first-order chi connectivity index (χ1) is 9.97. The summed E-state index contributed by atoms with van der Waals surface area (Å²) in [5.41, 5.74) is 0.289. The standard InChI is InChI=1S/C14H9BrFNO4/c15-11-4-1-10(13(16)7-11)8-21-14(18)9-2-5-12(6-3-9)17(19)20/h1-7H,8H2. The molecule has 0 aliphatic carbocycles. The molecule has 0 spiro atoms. The summed E-state index contributed by atoms with van der Waals surface area (Å²) in [6, 6.07) is 9.40. The molecule has 5 nitrogen and oxygen atoms in total. The predicted octanol–water partition coefficient (Wildman–Crippen LogP) is 3.85. The highest BCUT2D eigenvalue weighted by Crippen LogP contribution is 2.17. The molecule has 0 atom stereocenters. The van der Waals surface area contributed by atoms with Crippen molar-refractivity contribution in [2.45, 2.75) is 6.61 Å². The second-order valence-electron chi connectivity index (χ2n) is 4.12. The maximum atomic E-state index is 13.5. The number of esters is 1. The van der Waals surface area contributed by atoms with E-state index < -0.39 is 16.7 Å². The largest absolute Gasteiger partial charge is 0.457 e. The lowest BCUT2D eigenvalue weighted by atomic mass is 10.2. The van der Waals surface area contributed by atoms with E-state index in [1.165, 1.54) is 36.4 Å². The Balaban J connectivity index is 2.02. The number of nitro benzene ring substituents is 1. The predicted molar refractivity (Wildman–Crippen MR) is 76.3 cm³/mol. The Labute approximate surface area is 127 Å². The molecule has 0 saturated heterocycles. The third-order valence-electron chi connectivity index (χ3n) is 2.69. The monoisotopic (exact) mass is 353 g/mol. The van der Waals surface area contributed by atoms with E-state index in [-0.39, 0.29) is 23.4 Å². The second-order valence-corrected chi connectivity index (χ2v) is 5.03. The van der Waals surface area contributed by atoms with Gasteiger partial charge in [-0.25, -0.2) is 9.18 Å². The molecule has 0 aliphatic rings. The van der Waals surface area contributed by atoms with Crippen LogP contribution in [-0.4, -0.2) is 10.9 Å². The molecule has 0 fully saturated rings. The van der Waals surface area contributed by atoms with Crippen LogP contribution in [0.1, 0.15) is 15.9 Å². The first kappa shape index (κ1) is 15.1. The van der Waals surface area contributed by atoms with Crippen LogP contribution >= 0.6 is 15.9 Å². The molecule has 2 aromatic rings. The van der Waals surface area contributed by atoms with Crippen LogP contribution in [0.2, 0.25) is 0 Å². The van der Waals surface area contributed by atoms with Crippen molar-refractivity contribution in [2.24, 2.45) is 0 Å². The van der Waals surface area contributed by atoms with E-state index in [1.807, 2.05) is 0 Å². The highest BCUT2D eigenvalue weighted by atomic mass is 79.9. The minimum atomic E-state index is -0.674. The lowest BCUT2D eigenvalue weighted by molar-refractivity contribution is -0.384. The molecule has 0 bridgehead atoms. The summed E-state index contributed by atoms with van der Waals surface area (Å²) in [6.07, 6.45) is 0. The average Bonchev–Trinajstić information content (AvgIpc) is 2.46. The van der Waals surface area contributed by atoms with Crippen molar-refractivity contribution < 1.29 is 18.8 Å². The molecule has 7 heteroatoms. The molecular formula is C14H9BrFNO4. The van der Waals surface area contributed by atoms with Crippen LogP contribution < -0.4 is 0 Å². The fraction of sp³-hybridized carbons (Fsp3) is 0.0714. The lowest BCUT2D eigenvalue weighted by Crippen LogP contribution is -2.06. The average molecular weight is 354 g/mol. The van der Waals surface area contributed by atoms with Gasteiger partial charge < -0.3 is 4.74 Å². The van der Waals surface area contributed by atoms with Crippen LogP contribution in [0.3, 0.4) is 0 Å². The number of hydrogen-bond donors (Lipinski definition) is 0. The van der Waals surface area contributed by atoms with Crippen molar-refractivity contribution >= 4 is 27.6 Å². The van der Waals surface area contributed by atoms with Crippen molar-refractivity contribution in [3.63, 3.8) is 0 Å². The summed E-state index contributed by atoms with van der Waals surface area (Å²) >= 11 is 3.13. The van der Waals surface area contributed by atoms with Gasteiger partial charge in [0.15, 0.2) is 0 Å². The summed E-state index contributed by atoms with van der Waals surface area (Å²) < 4.78 is 19.1. The zero-order valence-corrected chi connectivity index (χ0v) is 12.2. The van der Waals surface area contributed by atoms with Gasteiger partial charge in [-0.2, -0.15) is 0 Å². The summed E-state index contributed by atoms with van der Waals surface area (Å²) in [4.78, 5) is 21.7. The zero-order chi connectivity index (χ0) is 15.4. The van der Waals surface area contributed by atoms with Gasteiger partial charge in [0.05, 0.1) is 10.5 Å². The summed E-state index contributed by atoms with van der Waals surface area (Å²) in [7, 11) is 0. The molecular weight excluding hydrogens is 345 g/mol.